The molecule has 0 atom stereocenters. The van der Waals surface area contributed by atoms with E-state index in [0.717, 1.165) is 22.5 Å². The lowest BCUT2D eigenvalue weighted by atomic mass is 10.1. The largest absolute Gasteiger partial charge is 0.330 e. The highest BCUT2D eigenvalue weighted by Crippen LogP contribution is 2.24. The maximum absolute atomic E-state index is 12.9. The van der Waals surface area contributed by atoms with Crippen molar-refractivity contribution in [2.24, 2.45) is 0 Å². The molecule has 0 radical (unpaired) electrons. The number of nitrogens with zero attached hydrogens (tertiary/aromatic N) is 3. The molecule has 2 amide bonds. The molecule has 0 aliphatic carbocycles. The number of hydrogen-bond donors (Lipinski definition) is 1. The van der Waals surface area contributed by atoms with Gasteiger partial charge in [-0.25, -0.2) is 4.68 Å². The van der Waals surface area contributed by atoms with E-state index in [1.165, 1.54) is 11.0 Å². The number of likely N-dealkylation sites (N-methyl/N-ethyl adjacent to an activating group) is 1. The molecule has 6 heteroatoms. The molecule has 1 aromatic heterocycles. The van der Waals surface area contributed by atoms with Gasteiger partial charge < -0.3 is 10.2 Å². The molecule has 0 spiro atoms. The topological polar surface area (TPSA) is 67.2 Å². The van der Waals surface area contributed by atoms with Gasteiger partial charge in [0.15, 0.2) is 0 Å². The number of carbonyl (C=O) groups is 2. The van der Waals surface area contributed by atoms with Gasteiger partial charge in [0, 0.05) is 24.3 Å². The molecule has 0 fully saturated rings. The standard InChI is InChI=1S/C28H26N4O2/c1-2-31(28(34)19-18-22-12-6-3-7-13-22)21-27(33)29-26-20-25(23-14-8-4-9-15-23)30-32(26)24-16-10-5-11-17-24/h3-20H,2,21H2,1H3,(H,29,33)/b19-18+. The van der Waals surface area contributed by atoms with Gasteiger partial charge in [-0.3, -0.25) is 9.59 Å². The zero-order valence-corrected chi connectivity index (χ0v) is 19.0. The number of para-hydroxylation sites is 1. The van der Waals surface area contributed by atoms with E-state index in [1.54, 1.807) is 10.8 Å². The summed E-state index contributed by atoms with van der Waals surface area (Å²) < 4.78 is 1.70. The van der Waals surface area contributed by atoms with Gasteiger partial charge in [0.05, 0.1) is 11.4 Å². The van der Waals surface area contributed by atoms with E-state index in [0.29, 0.717) is 12.4 Å². The zero-order chi connectivity index (χ0) is 23.8. The molecular weight excluding hydrogens is 424 g/mol. The second-order valence-corrected chi connectivity index (χ2v) is 7.67. The van der Waals surface area contributed by atoms with Crippen molar-refractivity contribution in [2.75, 3.05) is 18.4 Å². The lowest BCUT2D eigenvalue weighted by molar-refractivity contribution is -0.130. The first-order valence-electron chi connectivity index (χ1n) is 11.2. The van der Waals surface area contributed by atoms with E-state index in [1.807, 2.05) is 104 Å². The summed E-state index contributed by atoms with van der Waals surface area (Å²) in [6, 6.07) is 30.8. The molecule has 170 valence electrons. The van der Waals surface area contributed by atoms with Crippen LogP contribution in [-0.4, -0.2) is 39.6 Å². The fourth-order valence-corrected chi connectivity index (χ4v) is 3.52. The van der Waals surface area contributed by atoms with Crippen LogP contribution in [0.5, 0.6) is 0 Å². The molecule has 0 saturated heterocycles. The summed E-state index contributed by atoms with van der Waals surface area (Å²) in [4.78, 5) is 27.1. The van der Waals surface area contributed by atoms with Crippen molar-refractivity contribution in [3.63, 3.8) is 0 Å². The normalized spacial score (nSPS) is 10.9. The van der Waals surface area contributed by atoms with Crippen LogP contribution in [0.2, 0.25) is 0 Å². The van der Waals surface area contributed by atoms with Crippen LogP contribution < -0.4 is 5.32 Å². The van der Waals surface area contributed by atoms with Gasteiger partial charge in [0.2, 0.25) is 11.8 Å². The van der Waals surface area contributed by atoms with Crippen LogP contribution in [-0.2, 0) is 9.59 Å². The first-order chi connectivity index (χ1) is 16.6. The van der Waals surface area contributed by atoms with Crippen LogP contribution in [0.4, 0.5) is 5.82 Å². The highest BCUT2D eigenvalue weighted by molar-refractivity contribution is 5.98. The SMILES string of the molecule is CCN(CC(=O)Nc1cc(-c2ccccc2)nn1-c1ccccc1)C(=O)/C=C/c1ccccc1. The van der Waals surface area contributed by atoms with E-state index < -0.39 is 0 Å². The number of anilines is 1. The van der Waals surface area contributed by atoms with Gasteiger partial charge >= 0.3 is 0 Å². The smallest absolute Gasteiger partial charge is 0.247 e. The number of benzene rings is 3. The third-order valence-corrected chi connectivity index (χ3v) is 5.29. The Morgan fingerprint density at radius 1 is 0.912 bits per heavy atom. The Labute approximate surface area is 199 Å². The van der Waals surface area contributed by atoms with Crippen LogP contribution in [0.1, 0.15) is 12.5 Å². The quantitative estimate of drug-likeness (QED) is 0.383. The monoisotopic (exact) mass is 450 g/mol. The average Bonchev–Trinajstić information content (AvgIpc) is 3.31. The van der Waals surface area contributed by atoms with E-state index in [9.17, 15) is 9.59 Å². The van der Waals surface area contributed by atoms with Crippen molar-refractivity contribution >= 4 is 23.7 Å². The molecule has 0 bridgehead atoms. The van der Waals surface area contributed by atoms with Crippen LogP contribution in [0.25, 0.3) is 23.0 Å². The van der Waals surface area contributed by atoms with Crippen molar-refractivity contribution in [1.82, 2.24) is 14.7 Å². The summed E-state index contributed by atoms with van der Waals surface area (Å²) in [6.45, 7) is 2.21. The van der Waals surface area contributed by atoms with Gasteiger partial charge in [-0.2, -0.15) is 5.10 Å². The molecule has 4 aromatic rings. The molecule has 0 aliphatic heterocycles. The lowest BCUT2D eigenvalue weighted by Crippen LogP contribution is -2.37. The predicted molar refractivity (Wildman–Crippen MR) is 135 cm³/mol. The third kappa shape index (κ3) is 5.66. The minimum Gasteiger partial charge on any atom is -0.330 e. The van der Waals surface area contributed by atoms with Crippen molar-refractivity contribution in [3.8, 4) is 16.9 Å². The molecule has 4 rings (SSSR count). The number of hydrogen-bond acceptors (Lipinski definition) is 3. The third-order valence-electron chi connectivity index (χ3n) is 5.29. The highest BCUT2D eigenvalue weighted by Gasteiger charge is 2.17. The Kier molecular flexibility index (Phi) is 7.30. The van der Waals surface area contributed by atoms with Crippen LogP contribution >= 0.6 is 0 Å². The van der Waals surface area contributed by atoms with Gasteiger partial charge in [0.1, 0.15) is 12.4 Å². The Hall–Kier alpha value is -4.45. The fourth-order valence-electron chi connectivity index (χ4n) is 3.52. The van der Waals surface area contributed by atoms with Crippen molar-refractivity contribution in [3.05, 3.63) is 109 Å². The van der Waals surface area contributed by atoms with Gasteiger partial charge in [0.25, 0.3) is 0 Å². The second-order valence-electron chi connectivity index (χ2n) is 7.67. The predicted octanol–water partition coefficient (Wildman–Crippen LogP) is 5.04. The Morgan fingerprint density at radius 2 is 1.53 bits per heavy atom. The number of aromatic nitrogens is 2. The fraction of sp³-hybridized carbons (Fsp3) is 0.107. The molecule has 1 heterocycles. The molecule has 0 aliphatic rings. The van der Waals surface area contributed by atoms with Crippen LogP contribution in [0.15, 0.2) is 103 Å². The Morgan fingerprint density at radius 3 is 2.18 bits per heavy atom. The zero-order valence-electron chi connectivity index (χ0n) is 19.0. The maximum atomic E-state index is 12.9. The first kappa shape index (κ1) is 22.7. The van der Waals surface area contributed by atoms with E-state index in [-0.39, 0.29) is 18.4 Å². The second kappa shape index (κ2) is 10.9. The summed E-state index contributed by atoms with van der Waals surface area (Å²) in [6.07, 6.45) is 3.24. The van der Waals surface area contributed by atoms with Gasteiger partial charge in [-0.1, -0.05) is 78.9 Å². The molecule has 34 heavy (non-hydrogen) atoms. The van der Waals surface area contributed by atoms with Gasteiger partial charge in [-0.15, -0.1) is 0 Å². The maximum Gasteiger partial charge on any atom is 0.247 e. The number of rotatable bonds is 8. The minimum atomic E-state index is -0.292. The van der Waals surface area contributed by atoms with E-state index in [2.05, 4.69) is 5.32 Å². The molecular formula is C28H26N4O2. The molecule has 0 unspecified atom stereocenters. The summed E-state index contributed by atoms with van der Waals surface area (Å²) in [5.41, 5.74) is 3.45. The Bertz CT molecular complexity index is 1270. The summed E-state index contributed by atoms with van der Waals surface area (Å²) in [7, 11) is 0. The highest BCUT2D eigenvalue weighted by atomic mass is 16.2. The average molecular weight is 451 g/mol. The molecule has 3 aromatic carbocycles. The summed E-state index contributed by atoms with van der Waals surface area (Å²) in [5, 5.41) is 7.65. The Balaban J connectivity index is 1.51. The lowest BCUT2D eigenvalue weighted by Gasteiger charge is -2.18. The number of nitrogens with one attached hydrogen (secondary N) is 1. The van der Waals surface area contributed by atoms with Crippen molar-refractivity contribution in [2.45, 2.75) is 6.92 Å². The van der Waals surface area contributed by atoms with Crippen molar-refractivity contribution < 1.29 is 9.59 Å². The minimum absolute atomic E-state index is 0.0604. The van der Waals surface area contributed by atoms with E-state index in [4.69, 9.17) is 5.10 Å². The summed E-state index contributed by atoms with van der Waals surface area (Å²) >= 11 is 0. The first-order valence-corrected chi connectivity index (χ1v) is 11.2. The summed E-state index contributed by atoms with van der Waals surface area (Å²) in [5.74, 6) is 0.0291. The molecule has 1 N–H and O–H groups in total. The number of amides is 2. The molecule has 0 saturated carbocycles. The van der Waals surface area contributed by atoms with Crippen LogP contribution in [0.3, 0.4) is 0 Å². The molecule has 6 nitrogen and oxygen atoms in total. The van der Waals surface area contributed by atoms with Crippen LogP contribution in [0, 0.1) is 0 Å². The van der Waals surface area contributed by atoms with E-state index >= 15 is 0 Å². The number of carbonyl (C=O) groups excluding carboxylic acids is 2. The van der Waals surface area contributed by atoms with Crippen molar-refractivity contribution in [1.29, 1.82) is 0 Å². The van der Waals surface area contributed by atoms with Gasteiger partial charge in [-0.05, 0) is 30.7 Å².